The third-order valence-corrected chi connectivity index (χ3v) is 2.90. The maximum absolute atomic E-state index is 11.9. The molecule has 4 heteroatoms. The Morgan fingerprint density at radius 2 is 2.24 bits per heavy atom. The molecule has 1 heterocycles. The van der Waals surface area contributed by atoms with Gasteiger partial charge in [-0.15, -0.1) is 0 Å². The largest absolute Gasteiger partial charge is 0.378 e. The summed E-state index contributed by atoms with van der Waals surface area (Å²) in [5.74, 6) is 0.000975. The van der Waals surface area contributed by atoms with Crippen LogP contribution < -0.4 is 10.6 Å². The molecule has 0 radical (unpaired) electrons. The summed E-state index contributed by atoms with van der Waals surface area (Å²) in [5, 5.41) is 6.12. The predicted octanol–water partition coefficient (Wildman–Crippen LogP) is 0.852. The van der Waals surface area contributed by atoms with Crippen molar-refractivity contribution in [1.29, 1.82) is 0 Å². The molecular weight excluding hydrogens is 216 g/mol. The molecule has 17 heavy (non-hydrogen) atoms. The average Bonchev–Trinajstić information content (AvgIpc) is 2.40. The van der Waals surface area contributed by atoms with Crippen LogP contribution in [0.5, 0.6) is 0 Å². The highest BCUT2D eigenvalue weighted by atomic mass is 16.5. The van der Waals surface area contributed by atoms with Gasteiger partial charge in [0.2, 0.25) is 5.91 Å². The van der Waals surface area contributed by atoms with Crippen molar-refractivity contribution < 1.29 is 9.53 Å². The normalized spacial score (nSPS) is 21.8. The second-order valence-corrected chi connectivity index (χ2v) is 4.22. The molecule has 4 nitrogen and oxygen atoms in total. The van der Waals surface area contributed by atoms with E-state index < -0.39 is 0 Å². The molecule has 1 aliphatic heterocycles. The Morgan fingerprint density at radius 3 is 2.88 bits per heavy atom. The van der Waals surface area contributed by atoms with Gasteiger partial charge in [-0.3, -0.25) is 4.79 Å². The van der Waals surface area contributed by atoms with Crippen LogP contribution in [0.4, 0.5) is 0 Å². The Bertz CT molecular complexity index is 361. The second-order valence-electron chi connectivity index (χ2n) is 4.22. The van der Waals surface area contributed by atoms with Crippen molar-refractivity contribution in [1.82, 2.24) is 10.6 Å². The standard InChI is InChI=1S/C13H18N2O2/c1-10(11-5-3-2-4-6-11)15-13(16)12-9-17-8-7-14-12/h2-6,10,12,14H,7-9H2,1H3,(H,15,16)/t10-,12-/m0/s1. The van der Waals surface area contributed by atoms with Crippen molar-refractivity contribution in [3.8, 4) is 0 Å². The van der Waals surface area contributed by atoms with Crippen molar-refractivity contribution in [3.63, 3.8) is 0 Å². The first kappa shape index (κ1) is 12.1. The maximum atomic E-state index is 11.9. The van der Waals surface area contributed by atoms with E-state index in [0.717, 1.165) is 12.1 Å². The number of benzene rings is 1. The van der Waals surface area contributed by atoms with E-state index in [1.165, 1.54) is 0 Å². The molecule has 0 bridgehead atoms. The van der Waals surface area contributed by atoms with Crippen molar-refractivity contribution in [2.45, 2.75) is 19.0 Å². The molecular formula is C13H18N2O2. The summed E-state index contributed by atoms with van der Waals surface area (Å²) >= 11 is 0. The molecule has 0 unspecified atom stereocenters. The number of hydrogen-bond donors (Lipinski definition) is 2. The van der Waals surface area contributed by atoms with Crippen molar-refractivity contribution in [3.05, 3.63) is 35.9 Å². The van der Waals surface area contributed by atoms with E-state index in [9.17, 15) is 4.79 Å². The topological polar surface area (TPSA) is 50.4 Å². The third-order valence-electron chi connectivity index (χ3n) is 2.90. The summed E-state index contributed by atoms with van der Waals surface area (Å²) in [4.78, 5) is 11.9. The molecule has 0 spiro atoms. The van der Waals surface area contributed by atoms with E-state index in [1.54, 1.807) is 0 Å². The molecule has 1 aliphatic rings. The summed E-state index contributed by atoms with van der Waals surface area (Å²) in [6.07, 6.45) is 0. The molecule has 1 aromatic rings. The Balaban J connectivity index is 1.89. The number of amides is 1. The molecule has 0 aromatic heterocycles. The molecule has 1 fully saturated rings. The molecule has 1 saturated heterocycles. The highest BCUT2D eigenvalue weighted by Crippen LogP contribution is 2.11. The van der Waals surface area contributed by atoms with Gasteiger partial charge in [0, 0.05) is 6.54 Å². The van der Waals surface area contributed by atoms with Gasteiger partial charge in [-0.2, -0.15) is 0 Å². The van der Waals surface area contributed by atoms with E-state index in [-0.39, 0.29) is 18.0 Å². The minimum atomic E-state index is -0.227. The van der Waals surface area contributed by atoms with Crippen LogP contribution in [0.3, 0.4) is 0 Å². The van der Waals surface area contributed by atoms with Gasteiger partial charge in [0.15, 0.2) is 0 Å². The summed E-state index contributed by atoms with van der Waals surface area (Å²) in [5.41, 5.74) is 1.11. The van der Waals surface area contributed by atoms with Crippen molar-refractivity contribution in [2.75, 3.05) is 19.8 Å². The highest BCUT2D eigenvalue weighted by molar-refractivity contribution is 5.82. The van der Waals surface area contributed by atoms with Crippen LogP contribution in [0, 0.1) is 0 Å². The third kappa shape index (κ3) is 3.28. The highest BCUT2D eigenvalue weighted by Gasteiger charge is 2.22. The summed E-state index contributed by atoms with van der Waals surface area (Å²) < 4.78 is 5.27. The van der Waals surface area contributed by atoms with Gasteiger partial charge < -0.3 is 15.4 Å². The average molecular weight is 234 g/mol. The van der Waals surface area contributed by atoms with Crippen molar-refractivity contribution >= 4 is 5.91 Å². The Kier molecular flexibility index (Phi) is 4.12. The summed E-state index contributed by atoms with van der Waals surface area (Å²) in [6.45, 7) is 3.85. The monoisotopic (exact) mass is 234 g/mol. The molecule has 1 amide bonds. The summed E-state index contributed by atoms with van der Waals surface area (Å²) in [7, 11) is 0. The molecule has 2 N–H and O–H groups in total. The smallest absolute Gasteiger partial charge is 0.240 e. The molecule has 0 saturated carbocycles. The number of rotatable bonds is 3. The first-order valence-corrected chi connectivity index (χ1v) is 5.94. The SMILES string of the molecule is C[C@H](NC(=O)[C@@H]1COCCN1)c1ccccc1. The van der Waals surface area contributed by atoms with Gasteiger partial charge >= 0.3 is 0 Å². The van der Waals surface area contributed by atoms with Gasteiger partial charge in [-0.1, -0.05) is 30.3 Å². The minimum Gasteiger partial charge on any atom is -0.378 e. The van der Waals surface area contributed by atoms with Gasteiger partial charge in [0.1, 0.15) is 6.04 Å². The lowest BCUT2D eigenvalue weighted by Gasteiger charge is -2.24. The van der Waals surface area contributed by atoms with Crippen LogP contribution in [0.15, 0.2) is 30.3 Å². The summed E-state index contributed by atoms with van der Waals surface area (Å²) in [6, 6.07) is 9.72. The van der Waals surface area contributed by atoms with Crippen LogP contribution in [0.25, 0.3) is 0 Å². The van der Waals surface area contributed by atoms with Crippen LogP contribution in [-0.4, -0.2) is 31.7 Å². The predicted molar refractivity (Wildman–Crippen MR) is 65.6 cm³/mol. The maximum Gasteiger partial charge on any atom is 0.240 e. The minimum absolute atomic E-state index is 0.000975. The fourth-order valence-corrected chi connectivity index (χ4v) is 1.87. The van der Waals surface area contributed by atoms with Crippen LogP contribution in [0.2, 0.25) is 0 Å². The molecule has 2 atom stereocenters. The lowest BCUT2D eigenvalue weighted by atomic mass is 10.1. The van der Waals surface area contributed by atoms with Gasteiger partial charge in [-0.05, 0) is 12.5 Å². The van der Waals surface area contributed by atoms with Gasteiger partial charge in [0.05, 0.1) is 19.3 Å². The van der Waals surface area contributed by atoms with Crippen LogP contribution in [0.1, 0.15) is 18.5 Å². The number of hydrogen-bond acceptors (Lipinski definition) is 3. The zero-order valence-corrected chi connectivity index (χ0v) is 9.98. The zero-order chi connectivity index (χ0) is 12.1. The second kappa shape index (κ2) is 5.80. The van der Waals surface area contributed by atoms with Gasteiger partial charge in [-0.25, -0.2) is 0 Å². The number of nitrogens with one attached hydrogen (secondary N) is 2. The first-order valence-electron chi connectivity index (χ1n) is 5.94. The fraction of sp³-hybridized carbons (Fsp3) is 0.462. The van der Waals surface area contributed by atoms with Crippen molar-refractivity contribution in [2.24, 2.45) is 0 Å². The number of ether oxygens (including phenoxy) is 1. The van der Waals surface area contributed by atoms with E-state index >= 15 is 0 Å². The zero-order valence-electron chi connectivity index (χ0n) is 9.98. The van der Waals surface area contributed by atoms with Crippen LogP contribution >= 0.6 is 0 Å². The van der Waals surface area contributed by atoms with E-state index in [2.05, 4.69) is 10.6 Å². The Morgan fingerprint density at radius 1 is 1.47 bits per heavy atom. The number of morpholine rings is 1. The molecule has 1 aromatic carbocycles. The number of carbonyl (C=O) groups excluding carboxylic acids is 1. The Hall–Kier alpha value is -1.39. The van der Waals surface area contributed by atoms with E-state index in [4.69, 9.17) is 4.74 Å². The molecule has 2 rings (SSSR count). The number of carbonyl (C=O) groups is 1. The van der Waals surface area contributed by atoms with E-state index in [1.807, 2.05) is 37.3 Å². The van der Waals surface area contributed by atoms with E-state index in [0.29, 0.717) is 13.2 Å². The quantitative estimate of drug-likeness (QED) is 0.815. The Labute approximate surface area is 101 Å². The van der Waals surface area contributed by atoms with Gasteiger partial charge in [0.25, 0.3) is 0 Å². The lowest BCUT2D eigenvalue weighted by Crippen LogP contribution is -2.51. The first-order chi connectivity index (χ1) is 8.27. The fourth-order valence-electron chi connectivity index (χ4n) is 1.87. The molecule has 92 valence electrons. The molecule has 0 aliphatic carbocycles. The lowest BCUT2D eigenvalue weighted by molar-refractivity contribution is -0.126. The van der Waals surface area contributed by atoms with Crippen LogP contribution in [-0.2, 0) is 9.53 Å².